The Hall–Kier alpha value is -3.46. The summed E-state index contributed by atoms with van der Waals surface area (Å²) in [7, 11) is 4.56. The molecule has 2 aromatic carbocycles. The highest BCUT2D eigenvalue weighted by Gasteiger charge is 2.32. The van der Waals surface area contributed by atoms with Crippen LogP contribution in [0.2, 0.25) is 0 Å². The molecular weight excluding hydrogens is 430 g/mol. The van der Waals surface area contributed by atoms with Gasteiger partial charge in [0.2, 0.25) is 11.7 Å². The lowest BCUT2D eigenvalue weighted by atomic mass is 9.86. The summed E-state index contributed by atoms with van der Waals surface area (Å²) in [6, 6.07) is 13.4. The fraction of sp³-hybridized carbons (Fsp3) is 0.261. The van der Waals surface area contributed by atoms with Crippen molar-refractivity contribution in [2.75, 3.05) is 26.6 Å². The number of thioether (sulfide) groups is 1. The van der Waals surface area contributed by atoms with Gasteiger partial charge >= 0.3 is 0 Å². The molecule has 0 bridgehead atoms. The maximum absolute atomic E-state index is 13.1. The van der Waals surface area contributed by atoms with Gasteiger partial charge in [0.1, 0.15) is 5.82 Å². The zero-order valence-electron chi connectivity index (χ0n) is 17.9. The van der Waals surface area contributed by atoms with E-state index in [2.05, 4.69) is 15.3 Å². The second kappa shape index (κ2) is 9.35. The lowest BCUT2D eigenvalue weighted by Crippen LogP contribution is -2.31. The molecule has 1 aromatic heterocycles. The van der Waals surface area contributed by atoms with Gasteiger partial charge < -0.3 is 24.5 Å². The molecule has 1 amide bonds. The highest BCUT2D eigenvalue weighted by molar-refractivity contribution is 7.98. The molecule has 3 aromatic rings. The van der Waals surface area contributed by atoms with Gasteiger partial charge in [-0.05, 0) is 23.3 Å². The van der Waals surface area contributed by atoms with E-state index in [9.17, 15) is 9.59 Å². The highest BCUT2D eigenvalue weighted by Crippen LogP contribution is 2.43. The number of carbonyl (C=O) groups excluding carboxylic acids is 1. The summed E-state index contributed by atoms with van der Waals surface area (Å²) in [5.74, 6) is 1.55. The molecule has 0 radical (unpaired) electrons. The van der Waals surface area contributed by atoms with Gasteiger partial charge in [0.15, 0.2) is 16.7 Å². The zero-order valence-corrected chi connectivity index (χ0v) is 18.7. The normalized spacial score (nSPS) is 15.0. The molecule has 4 rings (SSSR count). The molecule has 9 heteroatoms. The lowest BCUT2D eigenvalue weighted by Gasteiger charge is -2.25. The van der Waals surface area contributed by atoms with E-state index in [-0.39, 0.29) is 23.7 Å². The average molecular weight is 454 g/mol. The van der Waals surface area contributed by atoms with E-state index in [0.29, 0.717) is 39.3 Å². The summed E-state index contributed by atoms with van der Waals surface area (Å²) in [6.45, 7) is 0. The van der Waals surface area contributed by atoms with Gasteiger partial charge in [-0.15, -0.1) is 0 Å². The molecule has 0 fully saturated rings. The first-order chi connectivity index (χ1) is 15.5. The summed E-state index contributed by atoms with van der Waals surface area (Å²) in [4.78, 5) is 32.9. The molecule has 1 aliphatic rings. The van der Waals surface area contributed by atoms with Crippen molar-refractivity contribution in [1.29, 1.82) is 0 Å². The van der Waals surface area contributed by atoms with Gasteiger partial charge in [-0.1, -0.05) is 42.1 Å². The molecule has 0 saturated heterocycles. The number of amides is 1. The standard InChI is InChI=1S/C23H23N3O5S/c1-29-16-9-14(10-17(30-2)20(16)31-3)15-11-18(27)24-21-19(15)22(28)26-23(25-21)32-12-13-7-5-4-6-8-13/h4-10,15H,11-12H2,1-3H3,(H2,24,25,26,27,28). The smallest absolute Gasteiger partial charge is 0.257 e. The van der Waals surface area contributed by atoms with Crippen molar-refractivity contribution in [2.24, 2.45) is 0 Å². The van der Waals surface area contributed by atoms with Crippen molar-refractivity contribution < 1.29 is 19.0 Å². The number of H-pyrrole nitrogens is 1. The van der Waals surface area contributed by atoms with Crippen LogP contribution in [0.1, 0.15) is 29.0 Å². The van der Waals surface area contributed by atoms with Gasteiger partial charge in [-0.3, -0.25) is 9.59 Å². The number of benzene rings is 2. The van der Waals surface area contributed by atoms with Crippen molar-refractivity contribution in [3.05, 3.63) is 69.5 Å². The number of methoxy groups -OCH3 is 3. The molecule has 1 aliphatic heterocycles. The molecule has 0 aliphatic carbocycles. The molecule has 0 saturated carbocycles. The van der Waals surface area contributed by atoms with Gasteiger partial charge in [-0.2, -0.15) is 0 Å². The third-order valence-electron chi connectivity index (χ3n) is 5.24. The Labute approximate surface area is 189 Å². The summed E-state index contributed by atoms with van der Waals surface area (Å²) < 4.78 is 16.3. The van der Waals surface area contributed by atoms with Crippen molar-refractivity contribution in [2.45, 2.75) is 23.2 Å². The van der Waals surface area contributed by atoms with Crippen molar-refractivity contribution in [3.63, 3.8) is 0 Å². The molecule has 2 heterocycles. The average Bonchev–Trinajstić information content (AvgIpc) is 2.81. The van der Waals surface area contributed by atoms with Crippen molar-refractivity contribution in [3.8, 4) is 17.2 Å². The number of ether oxygens (including phenoxy) is 3. The number of anilines is 1. The second-order valence-electron chi connectivity index (χ2n) is 7.17. The van der Waals surface area contributed by atoms with E-state index in [4.69, 9.17) is 14.2 Å². The number of rotatable bonds is 7. The number of nitrogens with zero attached hydrogens (tertiary/aromatic N) is 1. The van der Waals surface area contributed by atoms with Crippen molar-refractivity contribution >= 4 is 23.5 Å². The second-order valence-corrected chi connectivity index (χ2v) is 8.14. The number of fused-ring (bicyclic) bond motifs is 1. The van der Waals surface area contributed by atoms with E-state index in [0.717, 1.165) is 5.56 Å². The fourth-order valence-corrected chi connectivity index (χ4v) is 4.55. The third kappa shape index (κ3) is 4.29. The van der Waals surface area contributed by atoms with Gasteiger partial charge in [0, 0.05) is 18.1 Å². The maximum Gasteiger partial charge on any atom is 0.257 e. The minimum Gasteiger partial charge on any atom is -0.493 e. The molecule has 166 valence electrons. The van der Waals surface area contributed by atoms with Crippen LogP contribution in [0.3, 0.4) is 0 Å². The third-order valence-corrected chi connectivity index (χ3v) is 6.18. The van der Waals surface area contributed by atoms with Gasteiger partial charge in [-0.25, -0.2) is 4.98 Å². The van der Waals surface area contributed by atoms with Gasteiger partial charge in [0.05, 0.1) is 26.9 Å². The Balaban J connectivity index is 1.72. The van der Waals surface area contributed by atoms with Crippen LogP contribution < -0.4 is 25.1 Å². The number of aromatic nitrogens is 2. The predicted molar refractivity (Wildman–Crippen MR) is 122 cm³/mol. The molecular formula is C23H23N3O5S. The van der Waals surface area contributed by atoms with Crippen LogP contribution in [0.15, 0.2) is 52.4 Å². The van der Waals surface area contributed by atoms with Crippen LogP contribution in [0, 0.1) is 0 Å². The number of carbonyl (C=O) groups is 1. The van der Waals surface area contributed by atoms with E-state index < -0.39 is 5.92 Å². The van der Waals surface area contributed by atoms with E-state index in [1.807, 2.05) is 30.3 Å². The van der Waals surface area contributed by atoms with Crippen LogP contribution in [-0.4, -0.2) is 37.2 Å². The zero-order chi connectivity index (χ0) is 22.7. The first-order valence-corrected chi connectivity index (χ1v) is 10.9. The first kappa shape index (κ1) is 21.8. The number of hydrogen-bond acceptors (Lipinski definition) is 7. The Kier molecular flexibility index (Phi) is 6.36. The summed E-state index contributed by atoms with van der Waals surface area (Å²) >= 11 is 1.40. The summed E-state index contributed by atoms with van der Waals surface area (Å²) in [5.41, 5.74) is 1.93. The van der Waals surface area contributed by atoms with E-state index >= 15 is 0 Å². The molecule has 1 atom stereocenters. The topological polar surface area (TPSA) is 103 Å². The quantitative estimate of drug-likeness (QED) is 0.416. The Morgan fingerprint density at radius 2 is 1.72 bits per heavy atom. The molecule has 32 heavy (non-hydrogen) atoms. The molecule has 2 N–H and O–H groups in total. The predicted octanol–water partition coefficient (Wildman–Crippen LogP) is 3.56. The Morgan fingerprint density at radius 3 is 2.34 bits per heavy atom. The van der Waals surface area contributed by atoms with Crippen LogP contribution in [0.25, 0.3) is 0 Å². The molecule has 0 spiro atoms. The van der Waals surface area contributed by atoms with E-state index in [1.165, 1.54) is 33.1 Å². The number of hydrogen-bond donors (Lipinski definition) is 2. The highest BCUT2D eigenvalue weighted by atomic mass is 32.2. The molecule has 1 unspecified atom stereocenters. The summed E-state index contributed by atoms with van der Waals surface area (Å²) in [6.07, 6.45) is 0.104. The maximum atomic E-state index is 13.1. The van der Waals surface area contributed by atoms with Crippen molar-refractivity contribution in [1.82, 2.24) is 9.97 Å². The fourth-order valence-electron chi connectivity index (χ4n) is 3.73. The lowest BCUT2D eigenvalue weighted by molar-refractivity contribution is -0.116. The Bertz CT molecular complexity index is 1170. The number of aromatic amines is 1. The summed E-state index contributed by atoms with van der Waals surface area (Å²) in [5, 5.41) is 3.20. The minimum atomic E-state index is -0.503. The minimum absolute atomic E-state index is 0.104. The van der Waals surface area contributed by atoms with Crippen LogP contribution in [0.4, 0.5) is 5.82 Å². The van der Waals surface area contributed by atoms with Gasteiger partial charge in [0.25, 0.3) is 5.56 Å². The Morgan fingerprint density at radius 1 is 1.03 bits per heavy atom. The van der Waals surface area contributed by atoms with Crippen LogP contribution >= 0.6 is 11.8 Å². The SMILES string of the molecule is COc1cc(C2CC(=O)Nc3nc(SCc4ccccc4)[nH]c(=O)c32)cc(OC)c1OC. The number of nitrogens with one attached hydrogen (secondary N) is 2. The van der Waals surface area contributed by atoms with E-state index in [1.54, 1.807) is 12.1 Å². The monoisotopic (exact) mass is 453 g/mol. The van der Waals surface area contributed by atoms with Crippen LogP contribution in [0.5, 0.6) is 17.2 Å². The first-order valence-electron chi connectivity index (χ1n) is 9.94. The largest absolute Gasteiger partial charge is 0.493 e. The van der Waals surface area contributed by atoms with Crippen LogP contribution in [-0.2, 0) is 10.5 Å². The molecule has 8 nitrogen and oxygen atoms in total.